The Balaban J connectivity index is 2.39. The molecule has 1 aliphatic heterocycles. The van der Waals surface area contributed by atoms with Gasteiger partial charge in [-0.05, 0) is 37.0 Å². The smallest absolute Gasteiger partial charge is 0.207 e. The minimum Gasteiger partial charge on any atom is -0.207 e. The summed E-state index contributed by atoms with van der Waals surface area (Å²) in [6.45, 7) is 2.92. The lowest BCUT2D eigenvalue weighted by atomic mass is 10.0. The summed E-state index contributed by atoms with van der Waals surface area (Å²) in [6.07, 6.45) is 1.82. The van der Waals surface area contributed by atoms with Gasteiger partial charge in [0.05, 0.1) is 9.79 Å². The molecule has 5 nitrogen and oxygen atoms in total. The third-order valence-corrected chi connectivity index (χ3v) is 6.56. The molecule has 0 spiro atoms. The maximum Gasteiger partial charge on any atom is 0.261 e. The second-order valence-corrected chi connectivity index (χ2v) is 9.53. The number of rotatable bonds is 3. The zero-order chi connectivity index (χ0) is 15.0. The van der Waals surface area contributed by atoms with E-state index in [-0.39, 0.29) is 9.79 Å². The fourth-order valence-corrected chi connectivity index (χ4v) is 4.82. The van der Waals surface area contributed by atoms with E-state index in [0.29, 0.717) is 19.0 Å². The van der Waals surface area contributed by atoms with Crippen LogP contribution in [-0.2, 0) is 19.1 Å². The maximum atomic E-state index is 12.5. The molecule has 1 saturated heterocycles. The minimum absolute atomic E-state index is 0.0340. The lowest BCUT2D eigenvalue weighted by molar-refractivity contribution is 0.281. The van der Waals surface area contributed by atoms with E-state index in [1.165, 1.54) is 22.5 Å². The number of halogens is 1. The molecule has 0 aliphatic carbocycles. The van der Waals surface area contributed by atoms with Crippen molar-refractivity contribution in [2.75, 3.05) is 13.1 Å². The molecule has 0 N–H and O–H groups in total. The van der Waals surface area contributed by atoms with Gasteiger partial charge in [-0.2, -0.15) is 4.31 Å². The Kier molecular flexibility index (Phi) is 4.44. The molecule has 1 aromatic carbocycles. The molecule has 1 aromatic rings. The van der Waals surface area contributed by atoms with Crippen LogP contribution in [0.3, 0.4) is 0 Å². The summed E-state index contributed by atoms with van der Waals surface area (Å²) >= 11 is 0. The SMILES string of the molecule is CC1CCCN(S(=O)(=O)c2cccc(S(=O)(=O)Cl)c2)C1. The number of sulfonamides is 1. The average Bonchev–Trinajstić information content (AvgIpc) is 2.38. The van der Waals surface area contributed by atoms with Crippen molar-refractivity contribution < 1.29 is 16.8 Å². The van der Waals surface area contributed by atoms with Crippen molar-refractivity contribution in [2.45, 2.75) is 29.6 Å². The quantitative estimate of drug-likeness (QED) is 0.791. The van der Waals surface area contributed by atoms with Gasteiger partial charge in [0.2, 0.25) is 10.0 Å². The number of hydrogen-bond donors (Lipinski definition) is 0. The monoisotopic (exact) mass is 337 g/mol. The van der Waals surface area contributed by atoms with Gasteiger partial charge >= 0.3 is 0 Å². The Bertz CT molecular complexity index is 700. The largest absolute Gasteiger partial charge is 0.261 e. The lowest BCUT2D eigenvalue weighted by Crippen LogP contribution is -2.39. The van der Waals surface area contributed by atoms with Gasteiger partial charge in [-0.15, -0.1) is 0 Å². The molecule has 0 saturated carbocycles. The number of benzene rings is 1. The highest BCUT2D eigenvalue weighted by Gasteiger charge is 2.29. The molecule has 1 aliphatic rings. The van der Waals surface area contributed by atoms with Crippen LogP contribution in [-0.4, -0.2) is 34.2 Å². The molecule has 1 atom stereocenters. The van der Waals surface area contributed by atoms with E-state index < -0.39 is 19.1 Å². The van der Waals surface area contributed by atoms with Crippen LogP contribution in [0.25, 0.3) is 0 Å². The van der Waals surface area contributed by atoms with Crippen molar-refractivity contribution in [3.05, 3.63) is 24.3 Å². The van der Waals surface area contributed by atoms with Gasteiger partial charge in [-0.1, -0.05) is 13.0 Å². The van der Waals surface area contributed by atoms with Gasteiger partial charge in [0.25, 0.3) is 9.05 Å². The first-order chi connectivity index (χ1) is 9.21. The van der Waals surface area contributed by atoms with Gasteiger partial charge in [-0.3, -0.25) is 0 Å². The molecule has 1 unspecified atom stereocenters. The highest BCUT2D eigenvalue weighted by Crippen LogP contribution is 2.25. The predicted molar refractivity (Wildman–Crippen MR) is 76.6 cm³/mol. The van der Waals surface area contributed by atoms with Crippen LogP contribution in [0, 0.1) is 5.92 Å². The summed E-state index contributed by atoms with van der Waals surface area (Å²) in [5.41, 5.74) is 0. The van der Waals surface area contributed by atoms with Crippen molar-refractivity contribution in [1.82, 2.24) is 4.31 Å². The Morgan fingerprint density at radius 1 is 1.20 bits per heavy atom. The van der Waals surface area contributed by atoms with Crippen LogP contribution in [0.1, 0.15) is 19.8 Å². The van der Waals surface area contributed by atoms with E-state index in [2.05, 4.69) is 0 Å². The van der Waals surface area contributed by atoms with Crippen LogP contribution >= 0.6 is 10.7 Å². The number of hydrogen-bond acceptors (Lipinski definition) is 4. The standard InChI is InChI=1S/C12H16ClNO4S2/c1-10-4-3-7-14(9-10)20(17,18)12-6-2-5-11(8-12)19(13,15)16/h2,5-6,8,10H,3-4,7,9H2,1H3. The molecule has 0 aromatic heterocycles. The van der Waals surface area contributed by atoms with E-state index in [9.17, 15) is 16.8 Å². The van der Waals surface area contributed by atoms with Crippen LogP contribution in [0.15, 0.2) is 34.1 Å². The minimum atomic E-state index is -3.94. The average molecular weight is 338 g/mol. The summed E-state index contributed by atoms with van der Waals surface area (Å²) in [4.78, 5) is -0.237. The van der Waals surface area contributed by atoms with Crippen LogP contribution in [0.5, 0.6) is 0 Å². The molecule has 1 fully saturated rings. The molecule has 1 heterocycles. The van der Waals surface area contributed by atoms with Gasteiger partial charge in [0.1, 0.15) is 0 Å². The summed E-state index contributed by atoms with van der Waals surface area (Å²) in [5.74, 6) is 0.304. The van der Waals surface area contributed by atoms with Crippen LogP contribution < -0.4 is 0 Å². The molecular weight excluding hydrogens is 322 g/mol. The summed E-state index contributed by atoms with van der Waals surface area (Å²) in [7, 11) is -2.35. The Hall–Kier alpha value is -0.630. The van der Waals surface area contributed by atoms with Gasteiger partial charge < -0.3 is 0 Å². The van der Waals surface area contributed by atoms with E-state index in [1.54, 1.807) is 0 Å². The molecule has 0 radical (unpaired) electrons. The zero-order valence-electron chi connectivity index (χ0n) is 11.0. The first kappa shape index (κ1) is 15.8. The van der Waals surface area contributed by atoms with Gasteiger partial charge in [0.15, 0.2) is 0 Å². The number of piperidine rings is 1. The van der Waals surface area contributed by atoms with Crippen LogP contribution in [0.4, 0.5) is 0 Å². The molecule has 112 valence electrons. The first-order valence-electron chi connectivity index (χ1n) is 6.26. The molecule has 8 heteroatoms. The second kappa shape index (κ2) is 5.63. The molecule has 0 bridgehead atoms. The highest BCUT2D eigenvalue weighted by atomic mass is 35.7. The van der Waals surface area contributed by atoms with Gasteiger partial charge in [0, 0.05) is 23.8 Å². The summed E-state index contributed by atoms with van der Waals surface area (Å²) in [6, 6.07) is 5.16. The molecule has 0 amide bonds. The van der Waals surface area contributed by atoms with Crippen LogP contribution in [0.2, 0.25) is 0 Å². The Morgan fingerprint density at radius 3 is 2.45 bits per heavy atom. The van der Waals surface area contributed by atoms with Gasteiger partial charge in [-0.25, -0.2) is 16.8 Å². The van der Waals surface area contributed by atoms with Crippen molar-refractivity contribution in [3.8, 4) is 0 Å². The fourth-order valence-electron chi connectivity index (χ4n) is 2.30. The van der Waals surface area contributed by atoms with E-state index in [0.717, 1.165) is 18.9 Å². The second-order valence-electron chi connectivity index (χ2n) is 5.02. The Labute approximate surface area is 124 Å². The third kappa shape index (κ3) is 3.33. The number of nitrogens with zero attached hydrogens (tertiary/aromatic N) is 1. The van der Waals surface area contributed by atoms with Crippen molar-refractivity contribution >= 4 is 29.8 Å². The molecular formula is C12H16ClNO4S2. The Morgan fingerprint density at radius 2 is 1.85 bits per heavy atom. The van der Waals surface area contributed by atoms with Crippen molar-refractivity contribution in [3.63, 3.8) is 0 Å². The van der Waals surface area contributed by atoms with Crippen molar-refractivity contribution in [2.24, 2.45) is 5.92 Å². The highest BCUT2D eigenvalue weighted by molar-refractivity contribution is 8.13. The normalized spacial score (nSPS) is 21.8. The third-order valence-electron chi connectivity index (χ3n) is 3.34. The molecule has 20 heavy (non-hydrogen) atoms. The first-order valence-corrected chi connectivity index (χ1v) is 10.0. The summed E-state index contributed by atoms with van der Waals surface area (Å²) < 4.78 is 49.0. The predicted octanol–water partition coefficient (Wildman–Crippen LogP) is 2.03. The fraction of sp³-hybridized carbons (Fsp3) is 0.500. The lowest BCUT2D eigenvalue weighted by Gasteiger charge is -2.30. The zero-order valence-corrected chi connectivity index (χ0v) is 13.4. The van der Waals surface area contributed by atoms with Crippen molar-refractivity contribution in [1.29, 1.82) is 0 Å². The van der Waals surface area contributed by atoms with E-state index >= 15 is 0 Å². The molecule has 2 rings (SSSR count). The van der Waals surface area contributed by atoms with E-state index in [1.807, 2.05) is 6.92 Å². The topological polar surface area (TPSA) is 71.5 Å². The maximum absolute atomic E-state index is 12.5. The van der Waals surface area contributed by atoms with E-state index in [4.69, 9.17) is 10.7 Å². The summed E-state index contributed by atoms with van der Waals surface area (Å²) in [5, 5.41) is 0.